The number of nitrogens with zero attached hydrogens (tertiary/aromatic N) is 1. The number of rotatable bonds is 7. The molecular formula is C23H20BrIN2O3. The van der Waals surface area contributed by atoms with Crippen molar-refractivity contribution in [2.24, 2.45) is 5.10 Å². The van der Waals surface area contributed by atoms with Crippen molar-refractivity contribution in [1.29, 1.82) is 0 Å². The van der Waals surface area contributed by atoms with Crippen molar-refractivity contribution in [3.8, 4) is 11.5 Å². The van der Waals surface area contributed by atoms with Crippen LogP contribution in [0.5, 0.6) is 11.5 Å². The van der Waals surface area contributed by atoms with Crippen LogP contribution < -0.4 is 14.9 Å². The van der Waals surface area contributed by atoms with Crippen molar-refractivity contribution in [2.45, 2.75) is 13.5 Å². The number of hydrogen-bond acceptors (Lipinski definition) is 4. The predicted octanol–water partition coefficient (Wildman–Crippen LogP) is 5.71. The molecular weight excluding hydrogens is 559 g/mol. The van der Waals surface area contributed by atoms with Crippen LogP contribution in [0.3, 0.4) is 0 Å². The molecule has 0 aromatic heterocycles. The van der Waals surface area contributed by atoms with Gasteiger partial charge in [-0.15, -0.1) is 0 Å². The first-order chi connectivity index (χ1) is 14.5. The lowest BCUT2D eigenvalue weighted by molar-refractivity contribution is 0.0955. The number of hydrogen-bond donors (Lipinski definition) is 1. The monoisotopic (exact) mass is 578 g/mol. The molecule has 0 atom stereocenters. The van der Waals surface area contributed by atoms with Crippen LogP contribution in [0.2, 0.25) is 0 Å². The van der Waals surface area contributed by atoms with Crippen LogP contribution in [0.1, 0.15) is 27.0 Å². The number of amides is 1. The molecule has 0 saturated heterocycles. The summed E-state index contributed by atoms with van der Waals surface area (Å²) in [4.78, 5) is 12.2. The number of nitrogens with one attached hydrogen (secondary N) is 1. The standard InChI is InChI=1S/C23H20BrIN2O3/c1-15-6-3-4-7-18(15)14-30-22-20(25)10-16(11-21(22)29-2)13-26-27-23(28)17-8-5-9-19(24)12-17/h3-13H,14H2,1-2H3,(H,27,28)/b26-13-. The number of ether oxygens (including phenoxy) is 2. The first kappa shape index (κ1) is 22.3. The summed E-state index contributed by atoms with van der Waals surface area (Å²) in [5.41, 5.74) is 6.14. The molecule has 0 heterocycles. The van der Waals surface area contributed by atoms with E-state index in [-0.39, 0.29) is 5.91 Å². The van der Waals surface area contributed by atoms with Crippen molar-refractivity contribution in [3.05, 3.63) is 91.0 Å². The number of carbonyl (C=O) groups is 1. The van der Waals surface area contributed by atoms with E-state index >= 15 is 0 Å². The van der Waals surface area contributed by atoms with Crippen molar-refractivity contribution in [1.82, 2.24) is 5.43 Å². The molecule has 5 nitrogen and oxygen atoms in total. The zero-order valence-electron chi connectivity index (χ0n) is 16.5. The first-order valence-corrected chi connectivity index (χ1v) is 11.0. The Hall–Kier alpha value is -2.39. The first-order valence-electron chi connectivity index (χ1n) is 9.11. The molecule has 0 aliphatic heterocycles. The fourth-order valence-electron chi connectivity index (χ4n) is 2.74. The minimum atomic E-state index is -0.285. The molecule has 3 aromatic rings. The molecule has 0 spiro atoms. The highest BCUT2D eigenvalue weighted by Crippen LogP contribution is 2.34. The summed E-state index contributed by atoms with van der Waals surface area (Å²) in [6.07, 6.45) is 1.58. The van der Waals surface area contributed by atoms with E-state index in [1.54, 1.807) is 31.5 Å². The number of aryl methyl sites for hydroxylation is 1. The predicted molar refractivity (Wildman–Crippen MR) is 130 cm³/mol. The van der Waals surface area contributed by atoms with Gasteiger partial charge in [0.2, 0.25) is 0 Å². The number of hydrazone groups is 1. The summed E-state index contributed by atoms with van der Waals surface area (Å²) >= 11 is 5.56. The largest absolute Gasteiger partial charge is 0.493 e. The highest BCUT2D eigenvalue weighted by Gasteiger charge is 2.12. The third-order valence-electron chi connectivity index (χ3n) is 4.35. The van der Waals surface area contributed by atoms with Crippen molar-refractivity contribution >= 4 is 50.6 Å². The van der Waals surface area contributed by atoms with E-state index in [9.17, 15) is 4.79 Å². The lowest BCUT2D eigenvalue weighted by Crippen LogP contribution is -2.17. The number of methoxy groups -OCH3 is 1. The third-order valence-corrected chi connectivity index (χ3v) is 5.65. The maximum absolute atomic E-state index is 12.2. The fourth-order valence-corrected chi connectivity index (χ4v) is 3.92. The quantitative estimate of drug-likeness (QED) is 0.222. The average Bonchev–Trinajstić information content (AvgIpc) is 2.73. The Morgan fingerprint density at radius 2 is 1.97 bits per heavy atom. The van der Waals surface area contributed by atoms with E-state index in [2.05, 4.69) is 62.0 Å². The van der Waals surface area contributed by atoms with Crippen LogP contribution in [0.15, 0.2) is 70.2 Å². The average molecular weight is 579 g/mol. The van der Waals surface area contributed by atoms with Gasteiger partial charge < -0.3 is 9.47 Å². The lowest BCUT2D eigenvalue weighted by Gasteiger charge is -2.14. The highest BCUT2D eigenvalue weighted by atomic mass is 127. The summed E-state index contributed by atoms with van der Waals surface area (Å²) in [6, 6.07) is 19.0. The summed E-state index contributed by atoms with van der Waals surface area (Å²) in [6.45, 7) is 2.51. The SMILES string of the molecule is COc1cc(/C=N\NC(=O)c2cccc(Br)c2)cc(I)c1OCc1ccccc1C. The Balaban J connectivity index is 1.71. The van der Waals surface area contributed by atoms with Crippen LogP contribution in [0.4, 0.5) is 0 Å². The van der Waals surface area contributed by atoms with Gasteiger partial charge in [-0.3, -0.25) is 4.79 Å². The van der Waals surface area contributed by atoms with Gasteiger partial charge in [-0.25, -0.2) is 5.43 Å². The Morgan fingerprint density at radius 1 is 1.17 bits per heavy atom. The molecule has 154 valence electrons. The highest BCUT2D eigenvalue weighted by molar-refractivity contribution is 14.1. The minimum absolute atomic E-state index is 0.285. The summed E-state index contributed by atoms with van der Waals surface area (Å²) < 4.78 is 13.3. The smallest absolute Gasteiger partial charge is 0.271 e. The molecule has 3 rings (SSSR count). The van der Waals surface area contributed by atoms with Gasteiger partial charge in [-0.05, 0) is 76.5 Å². The van der Waals surface area contributed by atoms with E-state index in [4.69, 9.17) is 9.47 Å². The molecule has 0 aliphatic rings. The van der Waals surface area contributed by atoms with Gasteiger partial charge in [0.15, 0.2) is 11.5 Å². The second-order valence-corrected chi connectivity index (χ2v) is 8.54. The normalized spacial score (nSPS) is 10.8. The van der Waals surface area contributed by atoms with Crippen LogP contribution in [-0.4, -0.2) is 19.2 Å². The van der Waals surface area contributed by atoms with Crippen LogP contribution >= 0.6 is 38.5 Å². The molecule has 30 heavy (non-hydrogen) atoms. The number of carbonyl (C=O) groups excluding carboxylic acids is 1. The van der Waals surface area contributed by atoms with Crippen LogP contribution in [-0.2, 0) is 6.61 Å². The molecule has 0 unspecified atom stereocenters. The Bertz CT molecular complexity index is 1090. The van der Waals surface area contributed by atoms with Gasteiger partial charge in [0.25, 0.3) is 5.91 Å². The van der Waals surface area contributed by atoms with E-state index in [1.165, 1.54) is 5.56 Å². The molecule has 7 heteroatoms. The number of halogens is 2. The van der Waals surface area contributed by atoms with E-state index in [0.717, 1.165) is 19.2 Å². The van der Waals surface area contributed by atoms with Crippen molar-refractivity contribution in [2.75, 3.05) is 7.11 Å². The molecule has 0 radical (unpaired) electrons. The van der Waals surface area contributed by atoms with Gasteiger partial charge in [0, 0.05) is 10.0 Å². The van der Waals surface area contributed by atoms with Crippen LogP contribution in [0.25, 0.3) is 0 Å². The maximum atomic E-state index is 12.2. The molecule has 0 aliphatic carbocycles. The van der Waals surface area contributed by atoms with Gasteiger partial charge >= 0.3 is 0 Å². The van der Waals surface area contributed by atoms with Gasteiger partial charge in [0.1, 0.15) is 6.61 Å². The van der Waals surface area contributed by atoms with Crippen LogP contribution in [0, 0.1) is 10.5 Å². The van der Waals surface area contributed by atoms with E-state index in [0.29, 0.717) is 23.7 Å². The van der Waals surface area contributed by atoms with Crippen molar-refractivity contribution < 1.29 is 14.3 Å². The molecule has 0 saturated carbocycles. The Kier molecular flexibility index (Phi) is 7.87. The molecule has 1 N–H and O–H groups in total. The van der Waals surface area contributed by atoms with E-state index < -0.39 is 0 Å². The molecule has 0 bridgehead atoms. The third kappa shape index (κ3) is 5.82. The molecule has 3 aromatic carbocycles. The second-order valence-electron chi connectivity index (χ2n) is 6.46. The second kappa shape index (κ2) is 10.6. The summed E-state index contributed by atoms with van der Waals surface area (Å²) in [5, 5.41) is 4.06. The summed E-state index contributed by atoms with van der Waals surface area (Å²) in [5.74, 6) is 0.999. The van der Waals surface area contributed by atoms with Gasteiger partial charge in [-0.2, -0.15) is 5.10 Å². The Labute approximate surface area is 197 Å². The number of benzene rings is 3. The minimum Gasteiger partial charge on any atom is -0.493 e. The topological polar surface area (TPSA) is 59.9 Å². The van der Waals surface area contributed by atoms with Crippen molar-refractivity contribution in [3.63, 3.8) is 0 Å². The fraction of sp³-hybridized carbons (Fsp3) is 0.130. The lowest BCUT2D eigenvalue weighted by atomic mass is 10.1. The van der Waals surface area contributed by atoms with Gasteiger partial charge in [0.05, 0.1) is 16.9 Å². The maximum Gasteiger partial charge on any atom is 0.271 e. The van der Waals surface area contributed by atoms with E-state index in [1.807, 2.05) is 36.4 Å². The Morgan fingerprint density at radius 3 is 2.70 bits per heavy atom. The zero-order chi connectivity index (χ0) is 21.5. The molecule has 1 amide bonds. The molecule has 0 fully saturated rings. The van der Waals surface area contributed by atoms with Gasteiger partial charge in [-0.1, -0.05) is 46.3 Å². The summed E-state index contributed by atoms with van der Waals surface area (Å²) in [7, 11) is 1.60. The zero-order valence-corrected chi connectivity index (χ0v) is 20.2.